The highest BCUT2D eigenvalue weighted by atomic mass is 79.9. The van der Waals surface area contributed by atoms with Crippen LogP contribution in [0.15, 0.2) is 22.9 Å². The summed E-state index contributed by atoms with van der Waals surface area (Å²) in [6, 6.07) is 3.61. The van der Waals surface area contributed by atoms with E-state index in [0.29, 0.717) is 10.1 Å². The van der Waals surface area contributed by atoms with Crippen LogP contribution >= 0.6 is 39.9 Å². The number of rotatable bonds is 1. The van der Waals surface area contributed by atoms with Crippen molar-refractivity contribution in [3.05, 3.63) is 22.9 Å². The minimum atomic E-state index is 0.499. The van der Waals surface area contributed by atoms with Crippen molar-refractivity contribution in [2.24, 2.45) is 0 Å². The van der Waals surface area contributed by atoms with E-state index in [1.54, 1.807) is 18.3 Å². The van der Waals surface area contributed by atoms with Gasteiger partial charge in [-0.1, -0.05) is 11.8 Å². The number of aromatic nitrogens is 1. The Bertz CT molecular complexity index is 275. The second-order valence-electron chi connectivity index (χ2n) is 1.87. The van der Waals surface area contributed by atoms with Crippen LogP contribution in [0.25, 0.3) is 0 Å². The maximum Gasteiger partial charge on any atom is 0.225 e. The number of ether oxygens (including phenoxy) is 1. The molecule has 0 bridgehead atoms. The predicted molar refractivity (Wildman–Crippen MR) is 58.7 cm³/mol. The van der Waals surface area contributed by atoms with E-state index in [1.807, 2.05) is 6.26 Å². The molecule has 1 aromatic rings. The monoisotopic (exact) mass is 263 g/mol. The molecule has 0 amide bonds. The van der Waals surface area contributed by atoms with Crippen LogP contribution in [0.4, 0.5) is 0 Å². The van der Waals surface area contributed by atoms with Crippen molar-refractivity contribution in [2.45, 2.75) is 0 Å². The molecule has 0 saturated heterocycles. The van der Waals surface area contributed by atoms with Crippen molar-refractivity contribution in [1.82, 2.24) is 4.98 Å². The number of hydrogen-bond acceptors (Lipinski definition) is 4. The van der Waals surface area contributed by atoms with E-state index in [9.17, 15) is 0 Å². The Morgan fingerprint density at radius 2 is 2.42 bits per heavy atom. The molecule has 2 nitrogen and oxygen atoms in total. The van der Waals surface area contributed by atoms with Crippen LogP contribution in [-0.2, 0) is 0 Å². The largest absolute Gasteiger partial charge is 0.438 e. The van der Waals surface area contributed by atoms with Gasteiger partial charge in [0.25, 0.3) is 0 Å². The van der Waals surface area contributed by atoms with Gasteiger partial charge < -0.3 is 4.74 Å². The number of thioether (sulfide) groups is 1. The molecule has 64 valence electrons. The third-order valence-electron chi connectivity index (χ3n) is 1.07. The van der Waals surface area contributed by atoms with Gasteiger partial charge in [-0.25, -0.2) is 4.98 Å². The summed E-state index contributed by atoms with van der Waals surface area (Å²) in [6.07, 6.45) is 3.49. The first-order chi connectivity index (χ1) is 5.72. The van der Waals surface area contributed by atoms with E-state index in [4.69, 9.17) is 17.0 Å². The van der Waals surface area contributed by atoms with Gasteiger partial charge in [0.2, 0.25) is 4.38 Å². The zero-order valence-corrected chi connectivity index (χ0v) is 9.50. The van der Waals surface area contributed by atoms with Crippen molar-refractivity contribution >= 4 is 44.3 Å². The van der Waals surface area contributed by atoms with Crippen molar-refractivity contribution in [3.63, 3.8) is 0 Å². The summed E-state index contributed by atoms with van der Waals surface area (Å²) in [7, 11) is 0. The number of pyridine rings is 1. The third kappa shape index (κ3) is 3.08. The number of hydrogen-bond donors (Lipinski definition) is 0. The fourth-order valence-corrected chi connectivity index (χ4v) is 1.07. The molecular weight excluding hydrogens is 258 g/mol. The number of nitrogens with zero attached hydrogens (tertiary/aromatic N) is 1. The molecule has 0 atom stereocenters. The van der Waals surface area contributed by atoms with Crippen molar-refractivity contribution < 1.29 is 4.74 Å². The molecule has 12 heavy (non-hydrogen) atoms. The molecule has 0 spiro atoms. The van der Waals surface area contributed by atoms with E-state index in [2.05, 4.69) is 20.9 Å². The highest BCUT2D eigenvalue weighted by Crippen LogP contribution is 2.14. The smallest absolute Gasteiger partial charge is 0.225 e. The van der Waals surface area contributed by atoms with Gasteiger partial charge in [0.1, 0.15) is 10.4 Å². The summed E-state index contributed by atoms with van der Waals surface area (Å²) in [4.78, 5) is 3.99. The molecule has 0 aliphatic carbocycles. The predicted octanol–water partition coefficient (Wildman–Crippen LogP) is 2.87. The zero-order valence-electron chi connectivity index (χ0n) is 6.28. The van der Waals surface area contributed by atoms with Gasteiger partial charge in [-0.2, -0.15) is 0 Å². The van der Waals surface area contributed by atoms with E-state index < -0.39 is 0 Å². The van der Waals surface area contributed by atoms with Crippen LogP contribution in [0.1, 0.15) is 0 Å². The Hall–Kier alpha value is -0.130. The Morgan fingerprint density at radius 3 is 2.92 bits per heavy atom. The van der Waals surface area contributed by atoms with Crippen molar-refractivity contribution in [1.29, 1.82) is 0 Å². The van der Waals surface area contributed by atoms with Crippen molar-refractivity contribution in [3.8, 4) is 5.75 Å². The summed E-state index contributed by atoms with van der Waals surface area (Å²) in [5, 5.41) is 0. The Morgan fingerprint density at radius 1 is 1.67 bits per heavy atom. The average molecular weight is 264 g/mol. The summed E-state index contributed by atoms with van der Waals surface area (Å²) in [5.74, 6) is 0.664. The summed E-state index contributed by atoms with van der Waals surface area (Å²) in [6.45, 7) is 0. The highest BCUT2D eigenvalue weighted by Gasteiger charge is 1.97. The molecule has 0 fully saturated rings. The van der Waals surface area contributed by atoms with Gasteiger partial charge in [-0.3, -0.25) is 0 Å². The Kier molecular flexibility index (Phi) is 3.97. The molecular formula is C7H6BrNOS2. The lowest BCUT2D eigenvalue weighted by Crippen LogP contribution is -1.98. The quantitative estimate of drug-likeness (QED) is 0.574. The summed E-state index contributed by atoms with van der Waals surface area (Å²) in [5.41, 5.74) is 0. The van der Waals surface area contributed by atoms with Gasteiger partial charge in [-0.15, -0.1) is 0 Å². The first kappa shape index (κ1) is 9.95. The summed E-state index contributed by atoms with van der Waals surface area (Å²) >= 11 is 9.49. The van der Waals surface area contributed by atoms with Crippen LogP contribution in [0.3, 0.4) is 0 Å². The molecule has 0 saturated carbocycles. The second-order valence-corrected chi connectivity index (χ2v) is 4.09. The first-order valence-corrected chi connectivity index (χ1v) is 5.52. The topological polar surface area (TPSA) is 22.1 Å². The van der Waals surface area contributed by atoms with Crippen LogP contribution in [0.5, 0.6) is 5.75 Å². The molecule has 0 unspecified atom stereocenters. The highest BCUT2D eigenvalue weighted by molar-refractivity contribution is 9.10. The van der Waals surface area contributed by atoms with Gasteiger partial charge in [-0.05, 0) is 46.5 Å². The van der Waals surface area contributed by atoms with Crippen LogP contribution in [0, 0.1) is 0 Å². The average Bonchev–Trinajstić information content (AvgIpc) is 2.09. The lowest BCUT2D eigenvalue weighted by molar-refractivity contribution is 0.575. The molecule has 1 aromatic heterocycles. The maximum absolute atomic E-state index is 5.23. The fraction of sp³-hybridized carbons (Fsp3) is 0.143. The normalized spacial score (nSPS) is 9.50. The minimum absolute atomic E-state index is 0.499. The van der Waals surface area contributed by atoms with Crippen LogP contribution < -0.4 is 4.74 Å². The summed E-state index contributed by atoms with van der Waals surface area (Å²) < 4.78 is 6.51. The van der Waals surface area contributed by atoms with Crippen LogP contribution in [-0.4, -0.2) is 15.6 Å². The second kappa shape index (κ2) is 4.79. The number of halogens is 1. The van der Waals surface area contributed by atoms with Crippen molar-refractivity contribution in [2.75, 3.05) is 6.26 Å². The molecule has 0 N–H and O–H groups in total. The molecule has 0 aliphatic heterocycles. The Labute approximate surface area is 88.8 Å². The van der Waals surface area contributed by atoms with Crippen LogP contribution in [0.2, 0.25) is 0 Å². The molecule has 0 aromatic carbocycles. The zero-order chi connectivity index (χ0) is 8.97. The van der Waals surface area contributed by atoms with Gasteiger partial charge in [0.15, 0.2) is 0 Å². The molecule has 0 aliphatic rings. The minimum Gasteiger partial charge on any atom is -0.438 e. The third-order valence-corrected chi connectivity index (χ3v) is 2.54. The lowest BCUT2D eigenvalue weighted by Gasteiger charge is -2.02. The number of thiocarbonyl (C=S) groups is 1. The fourth-order valence-electron chi connectivity index (χ4n) is 0.561. The van der Waals surface area contributed by atoms with E-state index >= 15 is 0 Å². The van der Waals surface area contributed by atoms with E-state index in [1.165, 1.54) is 11.8 Å². The molecule has 1 heterocycles. The SMILES string of the molecule is CSC(=S)Oc1ccc(Br)nc1. The van der Waals surface area contributed by atoms with Gasteiger partial charge in [0, 0.05) is 0 Å². The Balaban J connectivity index is 2.64. The van der Waals surface area contributed by atoms with Gasteiger partial charge in [0.05, 0.1) is 6.20 Å². The lowest BCUT2D eigenvalue weighted by atomic mass is 10.5. The standard InChI is InChI=1S/C7H6BrNOS2/c1-12-7(11)10-5-2-3-6(8)9-4-5/h2-4H,1H3. The van der Waals surface area contributed by atoms with E-state index in [-0.39, 0.29) is 0 Å². The first-order valence-electron chi connectivity index (χ1n) is 3.09. The van der Waals surface area contributed by atoms with E-state index in [0.717, 1.165) is 4.60 Å². The molecule has 1 rings (SSSR count). The molecule has 5 heteroatoms. The maximum atomic E-state index is 5.23. The molecule has 0 radical (unpaired) electrons. The van der Waals surface area contributed by atoms with Gasteiger partial charge >= 0.3 is 0 Å².